The van der Waals surface area contributed by atoms with Crippen LogP contribution in [-0.2, 0) is 13.0 Å². The maximum absolute atomic E-state index is 5.42. The lowest BCUT2D eigenvalue weighted by molar-refractivity contribution is 0.467. The number of aromatic nitrogens is 1. The van der Waals surface area contributed by atoms with Gasteiger partial charge in [0.1, 0.15) is 5.76 Å². The smallest absolute Gasteiger partial charge is 0.181 e. The summed E-state index contributed by atoms with van der Waals surface area (Å²) in [6, 6.07) is 0.736. The molecule has 1 fully saturated rings. The molecule has 0 unspecified atom stereocenters. The van der Waals surface area contributed by atoms with E-state index in [0.29, 0.717) is 0 Å². The molecule has 0 spiro atoms. The molecule has 1 aromatic heterocycles. The van der Waals surface area contributed by atoms with Gasteiger partial charge in [-0.2, -0.15) is 0 Å². The van der Waals surface area contributed by atoms with Gasteiger partial charge in [-0.25, -0.2) is 4.98 Å². The van der Waals surface area contributed by atoms with E-state index in [4.69, 9.17) is 4.42 Å². The molecule has 0 atom stereocenters. The third-order valence-corrected chi connectivity index (χ3v) is 2.81. The number of hydrogen-bond donors (Lipinski definition) is 1. The number of nitrogens with zero attached hydrogens (tertiary/aromatic N) is 1. The fourth-order valence-electron chi connectivity index (χ4n) is 1.59. The zero-order valence-electron chi connectivity index (χ0n) is 9.62. The molecule has 0 aliphatic heterocycles. The second kappa shape index (κ2) is 4.79. The summed E-state index contributed by atoms with van der Waals surface area (Å²) in [5.74, 6) is 1.79. The molecule has 2 rings (SSSR count). The lowest BCUT2D eigenvalue weighted by Crippen LogP contribution is -2.16. The first-order valence-electron chi connectivity index (χ1n) is 5.90. The van der Waals surface area contributed by atoms with Crippen LogP contribution in [0.4, 0.5) is 0 Å². The molecular formula is C12H20N2O. The largest absolute Gasteiger partial charge is 0.448 e. The Kier molecular flexibility index (Phi) is 3.41. The number of rotatable bonds is 6. The van der Waals surface area contributed by atoms with E-state index in [9.17, 15) is 0 Å². The van der Waals surface area contributed by atoms with Crippen molar-refractivity contribution in [3.8, 4) is 0 Å². The highest BCUT2D eigenvalue weighted by atomic mass is 16.3. The molecule has 3 nitrogen and oxygen atoms in total. The van der Waals surface area contributed by atoms with Crippen LogP contribution in [0.15, 0.2) is 10.8 Å². The average Bonchev–Trinajstić information content (AvgIpc) is 2.92. The predicted molar refractivity (Wildman–Crippen MR) is 59.5 cm³/mol. The van der Waals surface area contributed by atoms with Crippen molar-refractivity contribution >= 4 is 0 Å². The third kappa shape index (κ3) is 3.34. The highest BCUT2D eigenvalue weighted by molar-refractivity contribution is 5.07. The van der Waals surface area contributed by atoms with Gasteiger partial charge in [-0.05, 0) is 25.2 Å². The molecule has 1 heterocycles. The minimum absolute atomic E-state index is 0.722. The highest BCUT2D eigenvalue weighted by Gasteiger charge is 2.21. The predicted octanol–water partition coefficient (Wildman–Crippen LogP) is 2.52. The van der Waals surface area contributed by atoms with Crippen LogP contribution in [0.1, 0.15) is 44.6 Å². The van der Waals surface area contributed by atoms with Crippen molar-refractivity contribution in [2.24, 2.45) is 5.92 Å². The maximum atomic E-state index is 5.42. The van der Waals surface area contributed by atoms with Crippen molar-refractivity contribution in [1.29, 1.82) is 0 Å². The first-order valence-corrected chi connectivity index (χ1v) is 5.90. The zero-order chi connectivity index (χ0) is 10.7. The second-order valence-electron chi connectivity index (χ2n) is 4.81. The summed E-state index contributed by atoms with van der Waals surface area (Å²) in [4.78, 5) is 4.26. The molecule has 1 saturated carbocycles. The number of aryl methyl sites for hydroxylation is 1. The van der Waals surface area contributed by atoms with Gasteiger partial charge in [0, 0.05) is 19.0 Å². The lowest BCUT2D eigenvalue weighted by atomic mass is 10.1. The van der Waals surface area contributed by atoms with Crippen molar-refractivity contribution in [1.82, 2.24) is 10.3 Å². The average molecular weight is 208 g/mol. The van der Waals surface area contributed by atoms with E-state index >= 15 is 0 Å². The first kappa shape index (κ1) is 10.7. The molecule has 1 aliphatic rings. The maximum Gasteiger partial charge on any atom is 0.181 e. The first-order chi connectivity index (χ1) is 7.25. The van der Waals surface area contributed by atoms with E-state index in [1.165, 1.54) is 19.3 Å². The SMILES string of the molecule is CC(C)CCc1ocnc1CNC1CC1. The lowest BCUT2D eigenvalue weighted by Gasteiger charge is -2.04. The summed E-state index contributed by atoms with van der Waals surface area (Å²) in [5, 5.41) is 3.46. The van der Waals surface area contributed by atoms with Gasteiger partial charge >= 0.3 is 0 Å². The van der Waals surface area contributed by atoms with Crippen LogP contribution >= 0.6 is 0 Å². The van der Waals surface area contributed by atoms with E-state index in [1.807, 2.05) is 0 Å². The van der Waals surface area contributed by atoms with Crippen molar-refractivity contribution in [2.75, 3.05) is 0 Å². The number of oxazole rings is 1. The van der Waals surface area contributed by atoms with E-state index in [1.54, 1.807) is 6.39 Å². The minimum atomic E-state index is 0.722. The van der Waals surface area contributed by atoms with Crippen LogP contribution in [0.3, 0.4) is 0 Å². The Bertz CT molecular complexity index is 282. The Labute approximate surface area is 91.3 Å². The summed E-state index contributed by atoms with van der Waals surface area (Å²) < 4.78 is 5.42. The van der Waals surface area contributed by atoms with Crippen molar-refractivity contribution in [3.63, 3.8) is 0 Å². The van der Waals surface area contributed by atoms with Crippen LogP contribution in [0.2, 0.25) is 0 Å². The van der Waals surface area contributed by atoms with Gasteiger partial charge in [0.25, 0.3) is 0 Å². The molecule has 15 heavy (non-hydrogen) atoms. The summed E-state index contributed by atoms with van der Waals surface area (Å²) in [7, 11) is 0. The molecule has 3 heteroatoms. The fraction of sp³-hybridized carbons (Fsp3) is 0.750. The van der Waals surface area contributed by atoms with Crippen LogP contribution in [0.5, 0.6) is 0 Å². The molecule has 1 N–H and O–H groups in total. The molecule has 84 valence electrons. The zero-order valence-corrected chi connectivity index (χ0v) is 9.62. The Balaban J connectivity index is 1.83. The Morgan fingerprint density at radius 1 is 1.53 bits per heavy atom. The van der Waals surface area contributed by atoms with Crippen LogP contribution in [0.25, 0.3) is 0 Å². The fourth-order valence-corrected chi connectivity index (χ4v) is 1.59. The second-order valence-corrected chi connectivity index (χ2v) is 4.81. The summed E-state index contributed by atoms with van der Waals surface area (Å²) >= 11 is 0. The van der Waals surface area contributed by atoms with Crippen LogP contribution < -0.4 is 5.32 Å². The molecule has 1 aliphatic carbocycles. The van der Waals surface area contributed by atoms with Gasteiger partial charge in [0.2, 0.25) is 0 Å². The monoisotopic (exact) mass is 208 g/mol. The Morgan fingerprint density at radius 3 is 3.00 bits per heavy atom. The van der Waals surface area contributed by atoms with Crippen molar-refractivity contribution in [2.45, 2.75) is 52.1 Å². The normalized spacial score (nSPS) is 16.2. The Morgan fingerprint density at radius 2 is 2.33 bits per heavy atom. The standard InChI is InChI=1S/C12H20N2O/c1-9(2)3-6-12-11(14-8-15-12)7-13-10-4-5-10/h8-10,13H,3-7H2,1-2H3. The third-order valence-electron chi connectivity index (χ3n) is 2.81. The van der Waals surface area contributed by atoms with Crippen molar-refractivity contribution in [3.05, 3.63) is 17.8 Å². The van der Waals surface area contributed by atoms with E-state index in [-0.39, 0.29) is 0 Å². The van der Waals surface area contributed by atoms with E-state index < -0.39 is 0 Å². The topological polar surface area (TPSA) is 38.1 Å². The highest BCUT2D eigenvalue weighted by Crippen LogP contribution is 2.20. The molecule has 0 bridgehead atoms. The van der Waals surface area contributed by atoms with Crippen LogP contribution in [0, 0.1) is 5.92 Å². The number of hydrogen-bond acceptors (Lipinski definition) is 3. The van der Waals surface area contributed by atoms with Gasteiger partial charge < -0.3 is 9.73 Å². The van der Waals surface area contributed by atoms with Gasteiger partial charge in [0.05, 0.1) is 5.69 Å². The molecule has 0 amide bonds. The van der Waals surface area contributed by atoms with Crippen LogP contribution in [-0.4, -0.2) is 11.0 Å². The molecule has 0 aromatic carbocycles. The summed E-state index contributed by atoms with van der Waals surface area (Å²) in [6.07, 6.45) is 6.39. The molecule has 1 aromatic rings. The molecular weight excluding hydrogens is 188 g/mol. The Hall–Kier alpha value is -0.830. The van der Waals surface area contributed by atoms with Gasteiger partial charge in [0.15, 0.2) is 6.39 Å². The van der Waals surface area contributed by atoms with Gasteiger partial charge in [-0.15, -0.1) is 0 Å². The van der Waals surface area contributed by atoms with Gasteiger partial charge in [-0.1, -0.05) is 13.8 Å². The summed E-state index contributed by atoms with van der Waals surface area (Å²) in [5.41, 5.74) is 1.10. The van der Waals surface area contributed by atoms with E-state index in [2.05, 4.69) is 24.1 Å². The number of nitrogens with one attached hydrogen (secondary N) is 1. The minimum Gasteiger partial charge on any atom is -0.448 e. The summed E-state index contributed by atoms with van der Waals surface area (Å²) in [6.45, 7) is 5.34. The van der Waals surface area contributed by atoms with E-state index in [0.717, 1.165) is 36.4 Å². The van der Waals surface area contributed by atoms with Crippen molar-refractivity contribution < 1.29 is 4.42 Å². The quantitative estimate of drug-likeness (QED) is 0.780. The molecule has 0 saturated heterocycles. The van der Waals surface area contributed by atoms with Gasteiger partial charge in [-0.3, -0.25) is 0 Å². The molecule has 0 radical (unpaired) electrons.